The molecule has 0 fully saturated rings. The third kappa shape index (κ3) is 2.23. The van der Waals surface area contributed by atoms with Gasteiger partial charge in [0.1, 0.15) is 17.5 Å². The fourth-order valence-corrected chi connectivity index (χ4v) is 1.44. The summed E-state index contributed by atoms with van der Waals surface area (Å²) < 4.78 is 4.95. The van der Waals surface area contributed by atoms with Crippen LogP contribution in [0.5, 0.6) is 0 Å². The molecular formula is C11H11N5O. The first kappa shape index (κ1) is 11.1. The summed E-state index contributed by atoms with van der Waals surface area (Å²) in [7, 11) is 0. The van der Waals surface area contributed by atoms with Crippen LogP contribution < -0.4 is 5.32 Å². The maximum absolute atomic E-state index is 9.18. The number of anilines is 1. The van der Waals surface area contributed by atoms with Gasteiger partial charge in [-0.2, -0.15) is 5.26 Å². The van der Waals surface area contributed by atoms with E-state index in [-0.39, 0.29) is 0 Å². The molecule has 0 unspecified atom stereocenters. The van der Waals surface area contributed by atoms with Gasteiger partial charge in [0.15, 0.2) is 5.76 Å². The molecule has 2 aromatic heterocycles. The quantitative estimate of drug-likeness (QED) is 0.860. The van der Waals surface area contributed by atoms with Crippen molar-refractivity contribution >= 4 is 5.82 Å². The Labute approximate surface area is 98.3 Å². The number of rotatable bonds is 4. The first-order valence-corrected chi connectivity index (χ1v) is 5.27. The number of nitrogens with one attached hydrogen (secondary N) is 1. The van der Waals surface area contributed by atoms with E-state index in [1.165, 1.54) is 6.20 Å². The van der Waals surface area contributed by atoms with Crippen LogP contribution in [0.2, 0.25) is 0 Å². The molecule has 86 valence electrons. The predicted molar refractivity (Wildman–Crippen MR) is 61.0 cm³/mol. The SMILES string of the molecule is CCCNc1nccc(-c2cnno2)c1C#N. The first-order valence-electron chi connectivity index (χ1n) is 5.27. The molecule has 0 aliphatic rings. The zero-order valence-corrected chi connectivity index (χ0v) is 9.34. The highest BCUT2D eigenvalue weighted by Crippen LogP contribution is 2.26. The summed E-state index contributed by atoms with van der Waals surface area (Å²) in [4.78, 5) is 4.14. The topological polar surface area (TPSA) is 87.6 Å². The van der Waals surface area contributed by atoms with Gasteiger partial charge in [-0.05, 0) is 12.5 Å². The Hall–Kier alpha value is -2.42. The predicted octanol–water partition coefficient (Wildman–Crippen LogP) is 1.83. The molecule has 0 amide bonds. The van der Waals surface area contributed by atoms with Crippen molar-refractivity contribution in [2.24, 2.45) is 0 Å². The van der Waals surface area contributed by atoms with Crippen molar-refractivity contribution in [2.75, 3.05) is 11.9 Å². The third-order valence-electron chi connectivity index (χ3n) is 2.23. The van der Waals surface area contributed by atoms with Gasteiger partial charge in [-0.3, -0.25) is 0 Å². The molecule has 0 bridgehead atoms. The third-order valence-corrected chi connectivity index (χ3v) is 2.23. The zero-order chi connectivity index (χ0) is 12.1. The van der Waals surface area contributed by atoms with Crippen LogP contribution in [0.15, 0.2) is 23.0 Å². The van der Waals surface area contributed by atoms with Crippen molar-refractivity contribution in [1.82, 2.24) is 15.4 Å². The minimum Gasteiger partial charge on any atom is -0.369 e. The van der Waals surface area contributed by atoms with Crippen molar-refractivity contribution < 1.29 is 4.52 Å². The molecule has 2 heterocycles. The van der Waals surface area contributed by atoms with Crippen LogP contribution in [0.4, 0.5) is 5.82 Å². The highest BCUT2D eigenvalue weighted by Gasteiger charge is 2.13. The second-order valence-electron chi connectivity index (χ2n) is 3.40. The summed E-state index contributed by atoms with van der Waals surface area (Å²) in [5.41, 5.74) is 1.09. The number of aromatic nitrogens is 3. The van der Waals surface area contributed by atoms with Gasteiger partial charge in [-0.1, -0.05) is 6.92 Å². The fraction of sp³-hybridized carbons (Fsp3) is 0.273. The van der Waals surface area contributed by atoms with Gasteiger partial charge in [-0.15, -0.1) is 5.10 Å². The molecule has 6 heteroatoms. The lowest BCUT2D eigenvalue weighted by Crippen LogP contribution is -2.04. The molecule has 0 spiro atoms. The normalized spacial score (nSPS) is 9.88. The van der Waals surface area contributed by atoms with E-state index in [1.807, 2.05) is 6.92 Å². The first-order chi connectivity index (χ1) is 8.36. The van der Waals surface area contributed by atoms with E-state index >= 15 is 0 Å². The molecular weight excluding hydrogens is 218 g/mol. The molecule has 17 heavy (non-hydrogen) atoms. The highest BCUT2D eigenvalue weighted by molar-refractivity contribution is 5.72. The largest absolute Gasteiger partial charge is 0.369 e. The molecule has 0 radical (unpaired) electrons. The number of pyridine rings is 1. The van der Waals surface area contributed by atoms with Crippen LogP contribution in [0.25, 0.3) is 11.3 Å². The van der Waals surface area contributed by atoms with Crippen LogP contribution in [0, 0.1) is 11.3 Å². The van der Waals surface area contributed by atoms with Crippen molar-refractivity contribution in [3.8, 4) is 17.4 Å². The van der Waals surface area contributed by atoms with E-state index in [1.54, 1.807) is 12.3 Å². The van der Waals surface area contributed by atoms with E-state index in [0.717, 1.165) is 13.0 Å². The summed E-state index contributed by atoms with van der Waals surface area (Å²) >= 11 is 0. The van der Waals surface area contributed by atoms with E-state index in [2.05, 4.69) is 26.7 Å². The number of nitriles is 1. The Bertz CT molecular complexity index is 529. The second kappa shape index (κ2) is 5.07. The Morgan fingerprint density at radius 1 is 1.53 bits per heavy atom. The zero-order valence-electron chi connectivity index (χ0n) is 9.34. The van der Waals surface area contributed by atoms with Crippen LogP contribution >= 0.6 is 0 Å². The maximum atomic E-state index is 9.18. The molecule has 0 atom stereocenters. The molecule has 0 aliphatic carbocycles. The van der Waals surface area contributed by atoms with Crippen molar-refractivity contribution in [1.29, 1.82) is 5.26 Å². The number of nitrogens with zero attached hydrogens (tertiary/aromatic N) is 4. The summed E-state index contributed by atoms with van der Waals surface area (Å²) in [5.74, 6) is 1.02. The van der Waals surface area contributed by atoms with E-state index in [4.69, 9.17) is 4.52 Å². The number of hydrogen-bond donors (Lipinski definition) is 1. The second-order valence-corrected chi connectivity index (χ2v) is 3.40. The lowest BCUT2D eigenvalue weighted by molar-refractivity contribution is 0.403. The minimum absolute atomic E-state index is 0.444. The average molecular weight is 229 g/mol. The standard InChI is InChI=1S/C11H11N5O/c1-2-4-13-11-9(6-12)8(3-5-14-11)10-7-15-16-17-10/h3,5,7H,2,4H2,1H3,(H,13,14). The van der Waals surface area contributed by atoms with Crippen LogP contribution in [0.3, 0.4) is 0 Å². The Morgan fingerprint density at radius 2 is 2.41 bits per heavy atom. The lowest BCUT2D eigenvalue weighted by atomic mass is 10.1. The molecule has 0 saturated carbocycles. The van der Waals surface area contributed by atoms with Gasteiger partial charge < -0.3 is 9.84 Å². The van der Waals surface area contributed by atoms with Gasteiger partial charge in [0.2, 0.25) is 0 Å². The smallest absolute Gasteiger partial charge is 0.188 e. The van der Waals surface area contributed by atoms with Crippen molar-refractivity contribution in [2.45, 2.75) is 13.3 Å². The summed E-state index contributed by atoms with van der Waals surface area (Å²) in [5, 5.41) is 19.3. The Balaban J connectivity index is 2.44. The Morgan fingerprint density at radius 3 is 3.06 bits per heavy atom. The summed E-state index contributed by atoms with van der Waals surface area (Å²) in [6, 6.07) is 3.83. The van der Waals surface area contributed by atoms with Crippen LogP contribution in [-0.4, -0.2) is 21.9 Å². The van der Waals surface area contributed by atoms with E-state index < -0.39 is 0 Å². The monoisotopic (exact) mass is 229 g/mol. The van der Waals surface area contributed by atoms with Crippen molar-refractivity contribution in [3.63, 3.8) is 0 Å². The van der Waals surface area contributed by atoms with Crippen LogP contribution in [0.1, 0.15) is 18.9 Å². The summed E-state index contributed by atoms with van der Waals surface area (Å²) in [6.45, 7) is 2.81. The molecule has 6 nitrogen and oxygen atoms in total. The molecule has 2 rings (SSSR count). The Kier molecular flexibility index (Phi) is 3.31. The van der Waals surface area contributed by atoms with E-state index in [0.29, 0.717) is 22.7 Å². The van der Waals surface area contributed by atoms with Gasteiger partial charge in [0.05, 0.1) is 6.20 Å². The van der Waals surface area contributed by atoms with Gasteiger partial charge >= 0.3 is 0 Å². The molecule has 1 N–H and O–H groups in total. The molecule has 2 aromatic rings. The highest BCUT2D eigenvalue weighted by atomic mass is 16.5. The molecule has 0 aliphatic heterocycles. The number of hydrogen-bond acceptors (Lipinski definition) is 6. The maximum Gasteiger partial charge on any atom is 0.188 e. The molecule has 0 saturated heterocycles. The molecule has 0 aromatic carbocycles. The van der Waals surface area contributed by atoms with E-state index in [9.17, 15) is 5.26 Å². The lowest BCUT2D eigenvalue weighted by Gasteiger charge is -2.07. The van der Waals surface area contributed by atoms with Gasteiger partial charge in [0.25, 0.3) is 0 Å². The van der Waals surface area contributed by atoms with Crippen molar-refractivity contribution in [3.05, 3.63) is 24.0 Å². The van der Waals surface area contributed by atoms with Gasteiger partial charge in [0, 0.05) is 23.6 Å². The fourth-order valence-electron chi connectivity index (χ4n) is 1.44. The average Bonchev–Trinajstić information content (AvgIpc) is 2.89. The summed E-state index contributed by atoms with van der Waals surface area (Å²) in [6.07, 6.45) is 4.05. The minimum atomic E-state index is 0.444. The van der Waals surface area contributed by atoms with Gasteiger partial charge in [-0.25, -0.2) is 4.98 Å². The van der Waals surface area contributed by atoms with Crippen LogP contribution in [-0.2, 0) is 0 Å².